The highest BCUT2D eigenvalue weighted by atomic mass is 16.2. The molecule has 102 valence electrons. The summed E-state index contributed by atoms with van der Waals surface area (Å²) in [5, 5.41) is 0. The molecule has 0 bridgehead atoms. The zero-order valence-electron chi connectivity index (χ0n) is 11.7. The maximum absolute atomic E-state index is 12.4. The summed E-state index contributed by atoms with van der Waals surface area (Å²) in [4.78, 5) is 14.3. The molecule has 0 spiro atoms. The van der Waals surface area contributed by atoms with Gasteiger partial charge in [-0.3, -0.25) is 4.79 Å². The standard InChI is InChI=1S/C17H19N2O/c1-2-14-7-10-18(11-8-14)13-17(20)19-12-9-15-5-3-4-6-16(15)19/h3-8,10-11H,2,9,12-13H2,1H3/q+1. The van der Waals surface area contributed by atoms with Crippen LogP contribution in [0.25, 0.3) is 0 Å². The number of hydrogen-bond donors (Lipinski definition) is 0. The van der Waals surface area contributed by atoms with Crippen molar-refractivity contribution in [2.75, 3.05) is 11.4 Å². The van der Waals surface area contributed by atoms with Crippen molar-refractivity contribution in [2.24, 2.45) is 0 Å². The van der Waals surface area contributed by atoms with Crippen molar-refractivity contribution in [1.29, 1.82) is 0 Å². The minimum Gasteiger partial charge on any atom is -0.306 e. The molecule has 1 aromatic heterocycles. The number of anilines is 1. The highest BCUT2D eigenvalue weighted by Crippen LogP contribution is 2.27. The van der Waals surface area contributed by atoms with E-state index in [4.69, 9.17) is 0 Å². The molecule has 0 saturated carbocycles. The van der Waals surface area contributed by atoms with E-state index in [1.54, 1.807) is 0 Å². The third-order valence-electron chi connectivity index (χ3n) is 3.87. The normalized spacial score (nSPS) is 13.3. The van der Waals surface area contributed by atoms with Gasteiger partial charge in [-0.1, -0.05) is 25.1 Å². The third kappa shape index (κ3) is 2.44. The lowest BCUT2D eigenvalue weighted by Crippen LogP contribution is -2.44. The predicted molar refractivity (Wildman–Crippen MR) is 78.5 cm³/mol. The number of nitrogens with zero attached hydrogens (tertiary/aromatic N) is 2. The zero-order chi connectivity index (χ0) is 13.9. The molecule has 3 nitrogen and oxygen atoms in total. The number of hydrogen-bond acceptors (Lipinski definition) is 1. The molecule has 1 aliphatic heterocycles. The molecule has 3 heteroatoms. The van der Waals surface area contributed by atoms with E-state index >= 15 is 0 Å². The van der Waals surface area contributed by atoms with Crippen LogP contribution in [0.2, 0.25) is 0 Å². The summed E-state index contributed by atoms with van der Waals surface area (Å²) in [6.07, 6.45) is 5.95. The minimum absolute atomic E-state index is 0.157. The number of para-hydroxylation sites is 1. The second-order valence-electron chi connectivity index (χ2n) is 5.16. The van der Waals surface area contributed by atoms with E-state index in [-0.39, 0.29) is 5.91 Å². The summed E-state index contributed by atoms with van der Waals surface area (Å²) < 4.78 is 1.95. The lowest BCUT2D eigenvalue weighted by molar-refractivity contribution is -0.684. The Balaban J connectivity index is 1.74. The van der Waals surface area contributed by atoms with Crippen LogP contribution in [0.4, 0.5) is 5.69 Å². The highest BCUT2D eigenvalue weighted by Gasteiger charge is 2.26. The molecule has 20 heavy (non-hydrogen) atoms. The van der Waals surface area contributed by atoms with Crippen LogP contribution in [-0.2, 0) is 24.2 Å². The van der Waals surface area contributed by atoms with Crippen LogP contribution in [0, 0.1) is 0 Å². The molecule has 2 aromatic rings. The van der Waals surface area contributed by atoms with Crippen LogP contribution in [0.1, 0.15) is 18.1 Å². The van der Waals surface area contributed by atoms with Gasteiger partial charge < -0.3 is 4.90 Å². The maximum Gasteiger partial charge on any atom is 0.292 e. The lowest BCUT2D eigenvalue weighted by Gasteiger charge is -2.15. The number of amides is 1. The molecular formula is C17H19N2O+. The van der Waals surface area contributed by atoms with Crippen molar-refractivity contribution in [1.82, 2.24) is 0 Å². The van der Waals surface area contributed by atoms with Gasteiger partial charge in [-0.25, -0.2) is 0 Å². The Morgan fingerprint density at radius 1 is 1.20 bits per heavy atom. The van der Waals surface area contributed by atoms with Gasteiger partial charge >= 0.3 is 0 Å². The first kappa shape index (κ1) is 12.9. The van der Waals surface area contributed by atoms with Gasteiger partial charge in [0, 0.05) is 24.4 Å². The van der Waals surface area contributed by atoms with Crippen LogP contribution >= 0.6 is 0 Å². The number of carbonyl (C=O) groups is 1. The molecule has 3 rings (SSSR count). The van der Waals surface area contributed by atoms with E-state index < -0.39 is 0 Å². The average Bonchev–Trinajstić information content (AvgIpc) is 2.92. The number of aromatic nitrogens is 1. The van der Waals surface area contributed by atoms with Crippen molar-refractivity contribution in [2.45, 2.75) is 26.3 Å². The van der Waals surface area contributed by atoms with Crippen molar-refractivity contribution >= 4 is 11.6 Å². The fourth-order valence-corrected chi connectivity index (χ4v) is 2.67. The van der Waals surface area contributed by atoms with Gasteiger partial charge in [0.15, 0.2) is 12.4 Å². The Morgan fingerprint density at radius 3 is 2.70 bits per heavy atom. The first-order chi connectivity index (χ1) is 9.78. The summed E-state index contributed by atoms with van der Waals surface area (Å²) in [6, 6.07) is 12.3. The molecule has 0 unspecified atom stereocenters. The predicted octanol–water partition coefficient (Wildman–Crippen LogP) is 2.13. The van der Waals surface area contributed by atoms with E-state index in [0.717, 1.165) is 25.1 Å². The quantitative estimate of drug-likeness (QED) is 0.782. The van der Waals surface area contributed by atoms with E-state index in [1.165, 1.54) is 11.1 Å². The maximum atomic E-state index is 12.4. The number of benzene rings is 1. The van der Waals surface area contributed by atoms with Crippen LogP contribution in [0.15, 0.2) is 48.8 Å². The molecule has 0 fully saturated rings. The number of pyridine rings is 1. The van der Waals surface area contributed by atoms with Crippen molar-refractivity contribution in [3.05, 3.63) is 59.9 Å². The van der Waals surface area contributed by atoms with Gasteiger partial charge in [-0.2, -0.15) is 4.57 Å². The Kier molecular flexibility index (Phi) is 3.50. The smallest absolute Gasteiger partial charge is 0.292 e. The summed E-state index contributed by atoms with van der Waals surface area (Å²) >= 11 is 0. The second-order valence-corrected chi connectivity index (χ2v) is 5.16. The highest BCUT2D eigenvalue weighted by molar-refractivity contribution is 5.94. The fraction of sp³-hybridized carbons (Fsp3) is 0.294. The Bertz CT molecular complexity index is 619. The summed E-state index contributed by atoms with van der Waals surface area (Å²) in [5.74, 6) is 0.157. The van der Waals surface area contributed by atoms with Crippen LogP contribution < -0.4 is 9.47 Å². The topological polar surface area (TPSA) is 24.2 Å². The van der Waals surface area contributed by atoms with E-state index in [1.807, 2.05) is 40.1 Å². The van der Waals surface area contributed by atoms with Crippen molar-refractivity contribution in [3.63, 3.8) is 0 Å². The minimum atomic E-state index is 0.157. The molecule has 2 heterocycles. The molecule has 0 radical (unpaired) electrons. The zero-order valence-corrected chi connectivity index (χ0v) is 11.7. The monoisotopic (exact) mass is 267 g/mol. The number of rotatable bonds is 3. The molecule has 1 amide bonds. The third-order valence-corrected chi connectivity index (χ3v) is 3.87. The number of fused-ring (bicyclic) bond motifs is 1. The SMILES string of the molecule is CCc1cc[n+](CC(=O)N2CCc3ccccc32)cc1. The summed E-state index contributed by atoms with van der Waals surface area (Å²) in [7, 11) is 0. The van der Waals surface area contributed by atoms with Gasteiger partial charge in [0.2, 0.25) is 6.54 Å². The Morgan fingerprint density at radius 2 is 1.95 bits per heavy atom. The second kappa shape index (κ2) is 5.45. The van der Waals surface area contributed by atoms with E-state index in [9.17, 15) is 4.79 Å². The van der Waals surface area contributed by atoms with Gasteiger partial charge in [0.25, 0.3) is 5.91 Å². The van der Waals surface area contributed by atoms with E-state index in [0.29, 0.717) is 6.54 Å². The fourth-order valence-electron chi connectivity index (χ4n) is 2.67. The van der Waals surface area contributed by atoms with Crippen LogP contribution in [0.5, 0.6) is 0 Å². The van der Waals surface area contributed by atoms with Gasteiger partial charge in [0.1, 0.15) is 0 Å². The van der Waals surface area contributed by atoms with Crippen LogP contribution in [0.3, 0.4) is 0 Å². The van der Waals surface area contributed by atoms with Crippen molar-refractivity contribution < 1.29 is 9.36 Å². The summed E-state index contributed by atoms with van der Waals surface area (Å²) in [6.45, 7) is 3.33. The average molecular weight is 267 g/mol. The molecule has 0 N–H and O–H groups in total. The largest absolute Gasteiger partial charge is 0.306 e. The molecule has 0 atom stereocenters. The van der Waals surface area contributed by atoms with E-state index in [2.05, 4.69) is 25.1 Å². The summed E-state index contributed by atoms with van der Waals surface area (Å²) in [5.41, 5.74) is 3.63. The van der Waals surface area contributed by atoms with Crippen LogP contribution in [-0.4, -0.2) is 12.5 Å². The molecule has 0 aliphatic carbocycles. The Labute approximate surface area is 119 Å². The van der Waals surface area contributed by atoms with Gasteiger partial charge in [-0.15, -0.1) is 0 Å². The molecule has 1 aliphatic rings. The van der Waals surface area contributed by atoms with Gasteiger partial charge in [-0.05, 0) is 30.0 Å². The van der Waals surface area contributed by atoms with Crippen molar-refractivity contribution in [3.8, 4) is 0 Å². The molecular weight excluding hydrogens is 248 g/mol. The lowest BCUT2D eigenvalue weighted by atomic mass is 10.2. The first-order valence-electron chi connectivity index (χ1n) is 7.14. The Hall–Kier alpha value is -2.16. The van der Waals surface area contributed by atoms with Gasteiger partial charge in [0.05, 0.1) is 0 Å². The number of aryl methyl sites for hydroxylation is 1. The molecule has 0 saturated heterocycles. The molecule has 1 aromatic carbocycles. The number of carbonyl (C=O) groups excluding carboxylic acids is 1. The first-order valence-corrected chi connectivity index (χ1v) is 7.14.